The second-order valence-corrected chi connectivity index (χ2v) is 7.11. The normalized spacial score (nSPS) is 12.4. The first-order valence-corrected chi connectivity index (χ1v) is 9.63. The molecule has 4 rings (SSSR count). The van der Waals surface area contributed by atoms with Gasteiger partial charge in [0.1, 0.15) is 11.6 Å². The molecule has 0 saturated heterocycles. The largest absolute Gasteiger partial charge is 0.454 e. The maximum atomic E-state index is 14.2. The van der Waals surface area contributed by atoms with Crippen LogP contribution in [0.2, 0.25) is 0 Å². The fourth-order valence-electron chi connectivity index (χ4n) is 2.83. The van der Waals surface area contributed by atoms with Crippen molar-refractivity contribution >= 4 is 39.9 Å². The molecule has 1 aliphatic heterocycles. The van der Waals surface area contributed by atoms with Crippen molar-refractivity contribution < 1.29 is 27.8 Å². The smallest absolute Gasteiger partial charge is 0.231 e. The van der Waals surface area contributed by atoms with E-state index in [9.17, 15) is 18.4 Å². The van der Waals surface area contributed by atoms with Crippen LogP contribution in [-0.4, -0.2) is 23.5 Å². The van der Waals surface area contributed by atoms with E-state index in [2.05, 4.69) is 4.98 Å². The molecule has 0 aliphatic carbocycles. The Morgan fingerprint density at radius 3 is 2.70 bits per heavy atom. The van der Waals surface area contributed by atoms with E-state index in [-0.39, 0.29) is 23.4 Å². The van der Waals surface area contributed by atoms with Crippen molar-refractivity contribution in [3.8, 4) is 11.5 Å². The topological polar surface area (TPSA) is 68.7 Å². The van der Waals surface area contributed by atoms with Crippen LogP contribution in [0.15, 0.2) is 47.9 Å². The Labute approximate surface area is 174 Å². The fraction of sp³-hybridized carbons (Fsp3) is 0.0952. The van der Waals surface area contributed by atoms with Crippen LogP contribution in [0.4, 0.5) is 19.6 Å². The van der Waals surface area contributed by atoms with Gasteiger partial charge in [-0.25, -0.2) is 13.8 Å². The molecule has 1 amide bonds. The van der Waals surface area contributed by atoms with Crippen molar-refractivity contribution in [2.24, 2.45) is 0 Å². The molecular formula is C21H14F2N2O4S. The van der Waals surface area contributed by atoms with E-state index in [1.165, 1.54) is 25.1 Å². The van der Waals surface area contributed by atoms with Gasteiger partial charge < -0.3 is 9.47 Å². The lowest BCUT2D eigenvalue weighted by atomic mass is 10.1. The van der Waals surface area contributed by atoms with Crippen LogP contribution < -0.4 is 14.4 Å². The summed E-state index contributed by atoms with van der Waals surface area (Å²) in [4.78, 5) is 29.8. The number of aromatic nitrogens is 1. The standard InChI is InChI=1S/C21H14F2N2O4S/c1-12(26)25(17-5-3-14(22)9-16(17)23)21-24-15(10-30-21)4-6-18(27)13-2-7-19-20(8-13)29-11-28-19/h2-10H,11H2,1H3. The third kappa shape index (κ3) is 3.92. The van der Waals surface area contributed by atoms with Gasteiger partial charge in [-0.15, -0.1) is 11.3 Å². The van der Waals surface area contributed by atoms with Crippen LogP contribution in [0.3, 0.4) is 0 Å². The van der Waals surface area contributed by atoms with E-state index < -0.39 is 17.5 Å². The first-order chi connectivity index (χ1) is 14.4. The molecule has 2 aromatic carbocycles. The second-order valence-electron chi connectivity index (χ2n) is 6.27. The number of hydrogen-bond donors (Lipinski definition) is 0. The predicted octanol–water partition coefficient (Wildman–Crippen LogP) is 4.73. The number of ether oxygens (including phenoxy) is 2. The Hall–Kier alpha value is -3.59. The number of rotatable bonds is 5. The summed E-state index contributed by atoms with van der Waals surface area (Å²) in [6.07, 6.45) is 2.83. The molecule has 3 aromatic rings. The number of amides is 1. The molecule has 1 aromatic heterocycles. The Kier molecular flexibility index (Phi) is 5.28. The number of carbonyl (C=O) groups is 2. The van der Waals surface area contributed by atoms with Crippen LogP contribution in [0.1, 0.15) is 23.0 Å². The zero-order valence-corrected chi connectivity index (χ0v) is 16.4. The fourth-order valence-corrected chi connectivity index (χ4v) is 3.68. The maximum absolute atomic E-state index is 14.2. The highest BCUT2D eigenvalue weighted by Crippen LogP contribution is 2.33. The summed E-state index contributed by atoms with van der Waals surface area (Å²) in [5.41, 5.74) is 0.729. The average Bonchev–Trinajstić information content (AvgIpc) is 3.36. The van der Waals surface area contributed by atoms with Gasteiger partial charge in [-0.2, -0.15) is 0 Å². The molecule has 0 atom stereocenters. The molecule has 0 bridgehead atoms. The van der Waals surface area contributed by atoms with Crippen molar-refractivity contribution in [2.75, 3.05) is 11.7 Å². The van der Waals surface area contributed by atoms with Crippen molar-refractivity contribution in [3.05, 3.63) is 70.7 Å². The number of nitrogens with zero attached hydrogens (tertiary/aromatic N) is 2. The average molecular weight is 428 g/mol. The van der Waals surface area contributed by atoms with Gasteiger partial charge in [-0.1, -0.05) is 0 Å². The lowest BCUT2D eigenvalue weighted by molar-refractivity contribution is -0.115. The van der Waals surface area contributed by atoms with E-state index in [1.807, 2.05) is 0 Å². The third-order valence-electron chi connectivity index (χ3n) is 4.23. The molecule has 152 valence electrons. The molecule has 6 nitrogen and oxygen atoms in total. The van der Waals surface area contributed by atoms with Crippen LogP contribution in [0, 0.1) is 11.6 Å². The summed E-state index contributed by atoms with van der Waals surface area (Å²) >= 11 is 1.09. The molecule has 0 radical (unpaired) electrons. The molecule has 2 heterocycles. The van der Waals surface area contributed by atoms with Crippen molar-refractivity contribution in [2.45, 2.75) is 6.92 Å². The second kappa shape index (κ2) is 8.03. The van der Waals surface area contributed by atoms with Crippen molar-refractivity contribution in [1.82, 2.24) is 4.98 Å². The van der Waals surface area contributed by atoms with Gasteiger partial charge in [-0.05, 0) is 42.5 Å². The highest BCUT2D eigenvalue weighted by Gasteiger charge is 2.21. The molecule has 30 heavy (non-hydrogen) atoms. The first kappa shape index (κ1) is 19.7. The summed E-state index contributed by atoms with van der Waals surface area (Å²) in [6.45, 7) is 1.37. The van der Waals surface area contributed by atoms with Gasteiger partial charge in [0.05, 0.1) is 11.4 Å². The molecule has 9 heteroatoms. The van der Waals surface area contributed by atoms with E-state index >= 15 is 0 Å². The minimum absolute atomic E-state index is 0.106. The molecule has 0 saturated carbocycles. The van der Waals surface area contributed by atoms with Gasteiger partial charge in [0.2, 0.25) is 12.7 Å². The molecule has 0 fully saturated rings. The van der Waals surface area contributed by atoms with E-state index in [0.717, 1.165) is 22.3 Å². The molecular weight excluding hydrogens is 414 g/mol. The number of fused-ring (bicyclic) bond motifs is 1. The summed E-state index contributed by atoms with van der Waals surface area (Å²) < 4.78 is 37.8. The molecule has 0 spiro atoms. The lowest BCUT2D eigenvalue weighted by Gasteiger charge is -2.18. The van der Waals surface area contributed by atoms with Gasteiger partial charge in [-0.3, -0.25) is 14.5 Å². The Bertz CT molecular complexity index is 1180. The summed E-state index contributed by atoms with van der Waals surface area (Å²) in [6, 6.07) is 7.81. The van der Waals surface area contributed by atoms with Crippen LogP contribution in [0.5, 0.6) is 11.5 Å². The van der Waals surface area contributed by atoms with Gasteiger partial charge >= 0.3 is 0 Å². The van der Waals surface area contributed by atoms with Crippen LogP contribution in [-0.2, 0) is 4.79 Å². The zero-order valence-electron chi connectivity index (χ0n) is 15.6. The number of allylic oxidation sites excluding steroid dienone is 1. The van der Waals surface area contributed by atoms with E-state index in [0.29, 0.717) is 28.8 Å². The number of thiazole rings is 1. The summed E-state index contributed by atoms with van der Waals surface area (Å²) in [7, 11) is 0. The lowest BCUT2D eigenvalue weighted by Crippen LogP contribution is -2.23. The number of anilines is 2. The number of halogens is 2. The highest BCUT2D eigenvalue weighted by atomic mass is 32.1. The molecule has 0 unspecified atom stereocenters. The predicted molar refractivity (Wildman–Crippen MR) is 107 cm³/mol. The van der Waals surface area contributed by atoms with Crippen molar-refractivity contribution in [1.29, 1.82) is 0 Å². The van der Waals surface area contributed by atoms with E-state index in [1.54, 1.807) is 23.6 Å². The Morgan fingerprint density at radius 1 is 1.13 bits per heavy atom. The zero-order chi connectivity index (χ0) is 21.3. The third-order valence-corrected chi connectivity index (χ3v) is 5.07. The summed E-state index contributed by atoms with van der Waals surface area (Å²) in [5.74, 6) is -1.29. The minimum atomic E-state index is -0.879. The SMILES string of the molecule is CC(=O)N(c1nc(C=CC(=O)c2ccc3c(c2)OCO3)cs1)c1ccc(F)cc1F. The van der Waals surface area contributed by atoms with Crippen LogP contribution >= 0.6 is 11.3 Å². The summed E-state index contributed by atoms with van der Waals surface area (Å²) in [5, 5.41) is 1.82. The number of carbonyl (C=O) groups excluding carboxylic acids is 2. The van der Waals surface area contributed by atoms with Gasteiger partial charge in [0, 0.05) is 23.9 Å². The van der Waals surface area contributed by atoms with Crippen LogP contribution in [0.25, 0.3) is 6.08 Å². The van der Waals surface area contributed by atoms with Gasteiger partial charge in [0.15, 0.2) is 22.4 Å². The number of ketones is 1. The Balaban J connectivity index is 1.55. The van der Waals surface area contributed by atoms with E-state index in [4.69, 9.17) is 9.47 Å². The van der Waals surface area contributed by atoms with Gasteiger partial charge in [0.25, 0.3) is 0 Å². The number of benzene rings is 2. The monoisotopic (exact) mass is 428 g/mol. The quantitative estimate of drug-likeness (QED) is 0.434. The first-order valence-electron chi connectivity index (χ1n) is 8.76. The molecule has 0 N–H and O–H groups in total. The number of hydrogen-bond acceptors (Lipinski definition) is 6. The highest BCUT2D eigenvalue weighted by molar-refractivity contribution is 7.14. The Morgan fingerprint density at radius 2 is 1.93 bits per heavy atom. The van der Waals surface area contributed by atoms with Crippen molar-refractivity contribution in [3.63, 3.8) is 0 Å². The minimum Gasteiger partial charge on any atom is -0.454 e. The molecule has 1 aliphatic rings. The maximum Gasteiger partial charge on any atom is 0.231 e.